The second-order valence-electron chi connectivity index (χ2n) is 4.55. The zero-order chi connectivity index (χ0) is 15.2. The van der Waals surface area contributed by atoms with Crippen molar-refractivity contribution < 1.29 is 13.9 Å². The number of hydrogen-bond donors (Lipinski definition) is 1. The molecule has 0 aliphatic carbocycles. The summed E-state index contributed by atoms with van der Waals surface area (Å²) in [5.74, 6) is 0.0706. The smallest absolute Gasteiger partial charge is 0.224 e. The Morgan fingerprint density at radius 3 is 2.71 bits per heavy atom. The molecule has 1 amide bonds. The Bertz CT molecular complexity index is 646. The van der Waals surface area contributed by atoms with Crippen LogP contribution >= 0.6 is 11.6 Å². The van der Waals surface area contributed by atoms with Gasteiger partial charge in [-0.1, -0.05) is 29.8 Å². The molecular formula is C16H15ClFNO2. The van der Waals surface area contributed by atoms with Crippen LogP contribution in [0.2, 0.25) is 5.02 Å². The molecule has 3 nitrogen and oxygen atoms in total. The maximum Gasteiger partial charge on any atom is 0.224 e. The van der Waals surface area contributed by atoms with Crippen LogP contribution < -0.4 is 10.1 Å². The first-order chi connectivity index (χ1) is 10.1. The minimum atomic E-state index is -0.345. The van der Waals surface area contributed by atoms with Crippen molar-refractivity contribution in [1.82, 2.24) is 5.32 Å². The summed E-state index contributed by atoms with van der Waals surface area (Å²) in [5.41, 5.74) is 1.51. The highest BCUT2D eigenvalue weighted by Gasteiger charge is 2.06. The molecule has 0 fully saturated rings. The van der Waals surface area contributed by atoms with Crippen LogP contribution in [0.5, 0.6) is 5.75 Å². The average molecular weight is 308 g/mol. The predicted octanol–water partition coefficient (Wildman–Crippen LogP) is 3.35. The Morgan fingerprint density at radius 1 is 1.24 bits per heavy atom. The number of carbonyl (C=O) groups is 1. The van der Waals surface area contributed by atoms with Gasteiger partial charge >= 0.3 is 0 Å². The molecule has 0 spiro atoms. The molecule has 0 saturated heterocycles. The molecule has 2 aromatic carbocycles. The molecule has 110 valence electrons. The number of halogens is 2. The highest BCUT2D eigenvalue weighted by molar-refractivity contribution is 6.32. The largest absolute Gasteiger partial charge is 0.495 e. The van der Waals surface area contributed by atoms with Crippen molar-refractivity contribution >= 4 is 17.5 Å². The SMILES string of the molecule is COc1ccc(CNC(=O)Cc2cccc(F)c2)cc1Cl. The van der Waals surface area contributed by atoms with Gasteiger partial charge in [-0.15, -0.1) is 0 Å². The Morgan fingerprint density at radius 2 is 2.05 bits per heavy atom. The number of nitrogens with one attached hydrogen (secondary N) is 1. The number of methoxy groups -OCH3 is 1. The van der Waals surface area contributed by atoms with Gasteiger partial charge in [0, 0.05) is 6.54 Å². The fourth-order valence-corrected chi connectivity index (χ4v) is 2.20. The summed E-state index contributed by atoms with van der Waals surface area (Å²) >= 11 is 6.01. The first-order valence-corrected chi connectivity index (χ1v) is 6.80. The van der Waals surface area contributed by atoms with Crippen LogP contribution in [0.15, 0.2) is 42.5 Å². The second kappa shape index (κ2) is 7.09. The number of carbonyl (C=O) groups excluding carboxylic acids is 1. The molecule has 5 heteroatoms. The number of benzene rings is 2. The maximum absolute atomic E-state index is 13.0. The number of ether oxygens (including phenoxy) is 1. The van der Waals surface area contributed by atoms with Gasteiger partial charge in [-0.2, -0.15) is 0 Å². The molecule has 0 bridgehead atoms. The first kappa shape index (κ1) is 15.3. The van der Waals surface area contributed by atoms with Gasteiger partial charge < -0.3 is 10.1 Å². The van der Waals surface area contributed by atoms with Crippen molar-refractivity contribution in [1.29, 1.82) is 0 Å². The molecule has 0 unspecified atom stereocenters. The lowest BCUT2D eigenvalue weighted by atomic mass is 10.1. The van der Waals surface area contributed by atoms with Crippen LogP contribution in [0.25, 0.3) is 0 Å². The van der Waals surface area contributed by atoms with Crippen LogP contribution in [0.1, 0.15) is 11.1 Å². The average Bonchev–Trinajstić information content (AvgIpc) is 2.45. The van der Waals surface area contributed by atoms with Crippen molar-refractivity contribution in [3.63, 3.8) is 0 Å². The van der Waals surface area contributed by atoms with Crippen molar-refractivity contribution in [3.05, 3.63) is 64.4 Å². The highest BCUT2D eigenvalue weighted by atomic mass is 35.5. The summed E-state index contributed by atoms with van der Waals surface area (Å²) in [6.45, 7) is 0.359. The summed E-state index contributed by atoms with van der Waals surface area (Å²) in [5, 5.41) is 3.27. The molecular weight excluding hydrogens is 293 g/mol. The van der Waals surface area contributed by atoms with E-state index in [1.807, 2.05) is 6.07 Å². The van der Waals surface area contributed by atoms with Crippen LogP contribution in [-0.2, 0) is 17.8 Å². The summed E-state index contributed by atoms with van der Waals surface area (Å²) in [4.78, 5) is 11.8. The van der Waals surface area contributed by atoms with Crippen molar-refractivity contribution in [2.45, 2.75) is 13.0 Å². The van der Waals surface area contributed by atoms with Gasteiger partial charge in [-0.25, -0.2) is 4.39 Å². The molecule has 0 aliphatic heterocycles. The van der Waals surface area contributed by atoms with E-state index in [-0.39, 0.29) is 18.1 Å². The lowest BCUT2D eigenvalue weighted by Gasteiger charge is -2.08. The normalized spacial score (nSPS) is 10.2. The highest BCUT2D eigenvalue weighted by Crippen LogP contribution is 2.24. The zero-order valence-electron chi connectivity index (χ0n) is 11.5. The van der Waals surface area contributed by atoms with Gasteiger partial charge in [-0.3, -0.25) is 4.79 Å². The van der Waals surface area contributed by atoms with E-state index in [2.05, 4.69) is 5.32 Å². The van der Waals surface area contributed by atoms with Crippen LogP contribution in [-0.4, -0.2) is 13.0 Å². The first-order valence-electron chi connectivity index (χ1n) is 6.42. The predicted molar refractivity (Wildman–Crippen MR) is 80.0 cm³/mol. The fourth-order valence-electron chi connectivity index (χ4n) is 1.92. The Balaban J connectivity index is 1.90. The van der Waals surface area contributed by atoms with E-state index in [1.165, 1.54) is 12.1 Å². The summed E-state index contributed by atoms with van der Waals surface area (Å²) in [6, 6.07) is 11.3. The van der Waals surface area contributed by atoms with E-state index in [9.17, 15) is 9.18 Å². The van der Waals surface area contributed by atoms with Gasteiger partial charge in [0.2, 0.25) is 5.91 Å². The van der Waals surface area contributed by atoms with Gasteiger partial charge in [0.25, 0.3) is 0 Å². The molecule has 0 radical (unpaired) electrons. The molecule has 0 aliphatic rings. The van der Waals surface area contributed by atoms with Gasteiger partial charge in [0.05, 0.1) is 18.6 Å². The molecule has 1 N–H and O–H groups in total. The molecule has 2 aromatic rings. The fraction of sp³-hybridized carbons (Fsp3) is 0.188. The van der Waals surface area contributed by atoms with Gasteiger partial charge in [0.15, 0.2) is 0 Å². The lowest BCUT2D eigenvalue weighted by molar-refractivity contribution is -0.120. The number of rotatable bonds is 5. The third-order valence-electron chi connectivity index (χ3n) is 2.96. The van der Waals surface area contributed by atoms with E-state index in [0.29, 0.717) is 22.9 Å². The minimum absolute atomic E-state index is 0.141. The summed E-state index contributed by atoms with van der Waals surface area (Å²) < 4.78 is 18.1. The molecule has 0 aromatic heterocycles. The maximum atomic E-state index is 13.0. The second-order valence-corrected chi connectivity index (χ2v) is 4.96. The molecule has 21 heavy (non-hydrogen) atoms. The van der Waals surface area contributed by atoms with Crippen molar-refractivity contribution in [2.75, 3.05) is 7.11 Å². The monoisotopic (exact) mass is 307 g/mol. The van der Waals surface area contributed by atoms with Gasteiger partial charge in [0.1, 0.15) is 11.6 Å². The Labute approximate surface area is 127 Å². The van der Waals surface area contributed by atoms with E-state index >= 15 is 0 Å². The third-order valence-corrected chi connectivity index (χ3v) is 3.25. The summed E-state index contributed by atoms with van der Waals surface area (Å²) in [7, 11) is 1.54. The standard InChI is InChI=1S/C16H15ClFNO2/c1-21-15-6-5-12(8-14(15)17)10-19-16(20)9-11-3-2-4-13(18)7-11/h2-8H,9-10H2,1H3,(H,19,20). The van der Waals surface area contributed by atoms with Crippen LogP contribution in [0.3, 0.4) is 0 Å². The number of amides is 1. The molecule has 0 atom stereocenters. The van der Waals surface area contributed by atoms with E-state index < -0.39 is 0 Å². The quantitative estimate of drug-likeness (QED) is 0.920. The molecule has 2 rings (SSSR count). The Hall–Kier alpha value is -2.07. The van der Waals surface area contributed by atoms with Crippen molar-refractivity contribution in [3.8, 4) is 5.75 Å². The third kappa shape index (κ3) is 4.46. The van der Waals surface area contributed by atoms with Crippen molar-refractivity contribution in [2.24, 2.45) is 0 Å². The van der Waals surface area contributed by atoms with Crippen LogP contribution in [0.4, 0.5) is 4.39 Å². The van der Waals surface area contributed by atoms with Crippen LogP contribution in [0, 0.1) is 5.82 Å². The topological polar surface area (TPSA) is 38.3 Å². The summed E-state index contributed by atoms with van der Waals surface area (Å²) in [6.07, 6.45) is 0.141. The van der Waals surface area contributed by atoms with E-state index in [4.69, 9.17) is 16.3 Å². The Kier molecular flexibility index (Phi) is 5.17. The molecule has 0 heterocycles. The minimum Gasteiger partial charge on any atom is -0.495 e. The van der Waals surface area contributed by atoms with Gasteiger partial charge in [-0.05, 0) is 35.4 Å². The molecule has 0 saturated carbocycles. The van der Waals surface area contributed by atoms with E-state index in [0.717, 1.165) is 5.56 Å². The van der Waals surface area contributed by atoms with E-state index in [1.54, 1.807) is 31.4 Å². The number of hydrogen-bond acceptors (Lipinski definition) is 2. The zero-order valence-corrected chi connectivity index (χ0v) is 12.3. The lowest BCUT2D eigenvalue weighted by Crippen LogP contribution is -2.24.